The summed E-state index contributed by atoms with van der Waals surface area (Å²) in [6.07, 6.45) is 3.45. The Kier molecular flexibility index (Phi) is 15.9. The van der Waals surface area contributed by atoms with E-state index in [1.165, 1.54) is 26.4 Å². The fourth-order valence-corrected chi connectivity index (χ4v) is 6.82. The largest absolute Gasteiger partial charge is 0.456 e. The molecule has 3 rings (SSSR count). The van der Waals surface area contributed by atoms with Crippen LogP contribution in [0.4, 0.5) is 0 Å². The molecule has 12 heteroatoms. The second kappa shape index (κ2) is 18.8. The zero-order valence-corrected chi connectivity index (χ0v) is 30.3. The number of allylic oxidation sites excluding steroid dienone is 3. The third-order valence-electron chi connectivity index (χ3n) is 9.70. The van der Waals surface area contributed by atoms with Gasteiger partial charge in [0.25, 0.3) is 0 Å². The van der Waals surface area contributed by atoms with Crippen molar-refractivity contribution in [2.45, 2.75) is 134 Å². The van der Waals surface area contributed by atoms with Gasteiger partial charge in [0, 0.05) is 38.2 Å². The van der Waals surface area contributed by atoms with Crippen LogP contribution < -0.4 is 0 Å². The first-order valence-corrected chi connectivity index (χ1v) is 17.2. The van der Waals surface area contributed by atoms with Crippen LogP contribution in [0.2, 0.25) is 0 Å². The standard InChI is InChI=1S/C36H59NO11/c1-11-27-28(47-36-34(43-10)33(42-9)30(40)24(6)45-36)15-13-12-14-26(38)21(3)18-22(4)32(20(2)16-17-29(39)46-27)48-35-31(41)25(37(7)8)19-23(5)44-35/h12-17,20-25,27-28,30-36,40-41H,11,18-19H2,1-10H3. The van der Waals surface area contributed by atoms with Gasteiger partial charge in [-0.05, 0) is 59.2 Å². The first-order valence-electron chi connectivity index (χ1n) is 17.2. The van der Waals surface area contributed by atoms with E-state index in [1.807, 2.05) is 53.6 Å². The molecule has 0 aromatic rings. The van der Waals surface area contributed by atoms with E-state index in [0.717, 1.165) is 0 Å². The smallest absolute Gasteiger partial charge is 0.330 e. The van der Waals surface area contributed by atoms with E-state index in [1.54, 1.807) is 31.2 Å². The molecule has 48 heavy (non-hydrogen) atoms. The number of likely N-dealkylation sites (N-methyl/N-ethyl adjacent to an activating group) is 1. The number of ketones is 1. The Morgan fingerprint density at radius 3 is 2.15 bits per heavy atom. The molecule has 2 saturated heterocycles. The number of ether oxygens (including phenoxy) is 7. The fourth-order valence-electron chi connectivity index (χ4n) is 6.82. The first kappa shape index (κ1) is 40.4. The lowest BCUT2D eigenvalue weighted by Gasteiger charge is -2.43. The molecule has 2 N–H and O–H groups in total. The highest BCUT2D eigenvalue weighted by Crippen LogP contribution is 2.32. The molecule has 0 bridgehead atoms. The molecule has 0 aromatic carbocycles. The highest BCUT2D eigenvalue weighted by atomic mass is 16.7. The average molecular weight is 682 g/mol. The molecular weight excluding hydrogens is 622 g/mol. The van der Waals surface area contributed by atoms with Gasteiger partial charge in [-0.1, -0.05) is 52.0 Å². The van der Waals surface area contributed by atoms with E-state index in [4.69, 9.17) is 33.2 Å². The number of rotatable bonds is 8. The summed E-state index contributed by atoms with van der Waals surface area (Å²) < 4.78 is 42.0. The van der Waals surface area contributed by atoms with Gasteiger partial charge in [-0.25, -0.2) is 4.79 Å². The number of esters is 1. The van der Waals surface area contributed by atoms with Crippen LogP contribution in [0.3, 0.4) is 0 Å². The van der Waals surface area contributed by atoms with E-state index in [0.29, 0.717) is 19.3 Å². The number of aliphatic hydroxyl groups is 2. The number of aliphatic hydroxyl groups excluding tert-OH is 2. The number of hydrogen-bond donors (Lipinski definition) is 2. The predicted molar refractivity (Wildman–Crippen MR) is 179 cm³/mol. The van der Waals surface area contributed by atoms with Crippen LogP contribution in [0, 0.1) is 17.8 Å². The summed E-state index contributed by atoms with van der Waals surface area (Å²) in [5.74, 6) is -1.34. The van der Waals surface area contributed by atoms with Crippen molar-refractivity contribution in [3.8, 4) is 0 Å². The van der Waals surface area contributed by atoms with Gasteiger partial charge in [-0.15, -0.1) is 0 Å². The second-order valence-corrected chi connectivity index (χ2v) is 13.7. The molecule has 274 valence electrons. The number of carbonyl (C=O) groups excluding carboxylic acids is 2. The third kappa shape index (κ3) is 10.5. The van der Waals surface area contributed by atoms with Crippen LogP contribution in [-0.4, -0.2) is 129 Å². The maximum atomic E-state index is 13.3. The van der Waals surface area contributed by atoms with Crippen molar-refractivity contribution in [2.24, 2.45) is 17.8 Å². The molecule has 3 aliphatic heterocycles. The van der Waals surface area contributed by atoms with Gasteiger partial charge in [0.1, 0.15) is 36.6 Å². The Balaban J connectivity index is 1.90. The van der Waals surface area contributed by atoms with Crippen molar-refractivity contribution < 1.29 is 53.0 Å². The molecule has 0 spiro atoms. The minimum Gasteiger partial charge on any atom is -0.456 e. The molecule has 3 aliphatic rings. The maximum Gasteiger partial charge on any atom is 0.330 e. The fraction of sp³-hybridized carbons (Fsp3) is 0.778. The third-order valence-corrected chi connectivity index (χ3v) is 9.70. The number of cyclic esters (lactones) is 1. The van der Waals surface area contributed by atoms with Gasteiger partial charge in [0.2, 0.25) is 0 Å². The van der Waals surface area contributed by atoms with Gasteiger partial charge in [-0.2, -0.15) is 0 Å². The monoisotopic (exact) mass is 681 g/mol. The summed E-state index contributed by atoms with van der Waals surface area (Å²) in [6, 6.07) is -0.146. The van der Waals surface area contributed by atoms with Gasteiger partial charge in [0.05, 0.1) is 18.3 Å². The van der Waals surface area contributed by atoms with E-state index < -0.39 is 67.4 Å². The summed E-state index contributed by atoms with van der Waals surface area (Å²) in [7, 11) is 6.80. The van der Waals surface area contributed by atoms with Crippen LogP contribution in [0.1, 0.15) is 60.8 Å². The number of carbonyl (C=O) groups is 2. The van der Waals surface area contributed by atoms with Crippen LogP contribution in [0.15, 0.2) is 36.5 Å². The molecule has 0 saturated carbocycles. The van der Waals surface area contributed by atoms with Gasteiger partial charge in [-0.3, -0.25) is 4.79 Å². The van der Waals surface area contributed by atoms with Crippen molar-refractivity contribution in [1.29, 1.82) is 0 Å². The molecule has 0 aromatic heterocycles. The average Bonchev–Trinajstić information content (AvgIpc) is 3.04. The Morgan fingerprint density at radius 1 is 0.833 bits per heavy atom. The highest BCUT2D eigenvalue weighted by Gasteiger charge is 2.46. The van der Waals surface area contributed by atoms with Crippen molar-refractivity contribution in [2.75, 3.05) is 28.3 Å². The molecule has 3 heterocycles. The van der Waals surface area contributed by atoms with Gasteiger partial charge >= 0.3 is 5.97 Å². The minimum absolute atomic E-state index is 0.0486. The molecule has 12 nitrogen and oxygen atoms in total. The number of methoxy groups -OCH3 is 2. The van der Waals surface area contributed by atoms with Gasteiger partial charge < -0.3 is 48.3 Å². The topological polar surface area (TPSA) is 142 Å². The predicted octanol–water partition coefficient (Wildman–Crippen LogP) is 3.19. The SMILES string of the molecule is CCC1OC(=O)C=CC(C)C(OC2OC(C)CC(N(C)C)C2O)C(C)CC(C)C(=O)C=CC=CC1OC1OC(C)C(O)C(OC)C1OC. The summed E-state index contributed by atoms with van der Waals surface area (Å²) in [5.41, 5.74) is 0. The molecule has 0 aliphatic carbocycles. The van der Waals surface area contributed by atoms with Crippen molar-refractivity contribution >= 4 is 11.8 Å². The number of nitrogens with zero attached hydrogens (tertiary/aromatic N) is 1. The van der Waals surface area contributed by atoms with E-state index >= 15 is 0 Å². The van der Waals surface area contributed by atoms with E-state index in [9.17, 15) is 19.8 Å². The quantitative estimate of drug-likeness (QED) is 0.364. The molecule has 0 radical (unpaired) electrons. The Labute approximate surface area is 286 Å². The highest BCUT2D eigenvalue weighted by molar-refractivity contribution is 5.91. The van der Waals surface area contributed by atoms with Crippen LogP contribution in [0.25, 0.3) is 0 Å². The molecule has 15 unspecified atom stereocenters. The lowest BCUT2D eigenvalue weighted by atomic mass is 9.84. The molecule has 2 fully saturated rings. The van der Waals surface area contributed by atoms with Crippen molar-refractivity contribution in [3.05, 3.63) is 36.5 Å². The summed E-state index contributed by atoms with van der Waals surface area (Å²) in [4.78, 5) is 28.4. The summed E-state index contributed by atoms with van der Waals surface area (Å²) >= 11 is 0. The zero-order chi connectivity index (χ0) is 35.7. The number of hydrogen-bond acceptors (Lipinski definition) is 12. The minimum atomic E-state index is -0.945. The van der Waals surface area contributed by atoms with E-state index in [-0.39, 0.29) is 35.7 Å². The second-order valence-electron chi connectivity index (χ2n) is 13.7. The normalized spacial score (nSPS) is 42.2. The van der Waals surface area contributed by atoms with Gasteiger partial charge in [0.15, 0.2) is 18.4 Å². The lowest BCUT2D eigenvalue weighted by Crippen LogP contribution is -2.59. The van der Waals surface area contributed by atoms with Crippen molar-refractivity contribution in [3.63, 3.8) is 0 Å². The lowest BCUT2D eigenvalue weighted by molar-refractivity contribution is -0.313. The first-order chi connectivity index (χ1) is 22.7. The zero-order valence-electron chi connectivity index (χ0n) is 30.3. The summed E-state index contributed by atoms with van der Waals surface area (Å²) in [5, 5.41) is 21.8. The molecular formula is C36H59NO11. The van der Waals surface area contributed by atoms with E-state index in [2.05, 4.69) is 0 Å². The van der Waals surface area contributed by atoms with Crippen molar-refractivity contribution in [1.82, 2.24) is 4.90 Å². The Morgan fingerprint density at radius 2 is 1.52 bits per heavy atom. The van der Waals surface area contributed by atoms with Crippen LogP contribution in [0.5, 0.6) is 0 Å². The van der Waals surface area contributed by atoms with Crippen LogP contribution in [-0.2, 0) is 42.7 Å². The Hall–Kier alpha value is -2.00. The molecule has 0 amide bonds. The van der Waals surface area contributed by atoms with Crippen LogP contribution >= 0.6 is 0 Å². The summed E-state index contributed by atoms with van der Waals surface area (Å²) in [6.45, 7) is 11.4. The Bertz CT molecular complexity index is 1110. The maximum absolute atomic E-state index is 13.3. The molecule has 15 atom stereocenters.